The van der Waals surface area contributed by atoms with Gasteiger partial charge in [0.15, 0.2) is 9.84 Å². The van der Waals surface area contributed by atoms with Crippen molar-refractivity contribution in [2.45, 2.75) is 31.6 Å². The molecule has 0 aliphatic heterocycles. The summed E-state index contributed by atoms with van der Waals surface area (Å²) in [5.74, 6) is 0.159. The van der Waals surface area contributed by atoms with Crippen molar-refractivity contribution in [1.29, 1.82) is 5.26 Å². The SMILES string of the molecule is COc1ccc(S(=O)(=O)CCCC(=O)Nc2sc(C)c(C)c2C#N)cc1. The number of rotatable bonds is 7. The summed E-state index contributed by atoms with van der Waals surface area (Å²) >= 11 is 1.35. The van der Waals surface area contributed by atoms with Crippen molar-refractivity contribution in [2.75, 3.05) is 18.2 Å². The van der Waals surface area contributed by atoms with Gasteiger partial charge in [0.05, 0.1) is 23.3 Å². The maximum Gasteiger partial charge on any atom is 0.225 e. The summed E-state index contributed by atoms with van der Waals surface area (Å²) in [5.41, 5.74) is 1.32. The third-order valence-electron chi connectivity index (χ3n) is 3.99. The molecular formula is C18H20N2O4S2. The normalized spacial score (nSPS) is 11.0. The highest BCUT2D eigenvalue weighted by atomic mass is 32.2. The number of benzene rings is 1. The summed E-state index contributed by atoms with van der Waals surface area (Å²) in [5, 5.41) is 12.4. The van der Waals surface area contributed by atoms with Gasteiger partial charge in [0.25, 0.3) is 0 Å². The summed E-state index contributed by atoms with van der Waals surface area (Å²) in [6.45, 7) is 3.72. The monoisotopic (exact) mass is 392 g/mol. The van der Waals surface area contributed by atoms with Gasteiger partial charge in [0, 0.05) is 11.3 Å². The van der Waals surface area contributed by atoms with Crippen LogP contribution in [-0.2, 0) is 14.6 Å². The molecule has 1 heterocycles. The quantitative estimate of drug-likeness (QED) is 0.779. The number of carbonyl (C=O) groups is 1. The van der Waals surface area contributed by atoms with Gasteiger partial charge in [-0.15, -0.1) is 11.3 Å². The van der Waals surface area contributed by atoms with Crippen molar-refractivity contribution in [3.63, 3.8) is 0 Å². The summed E-state index contributed by atoms with van der Waals surface area (Å²) in [4.78, 5) is 13.3. The van der Waals surface area contributed by atoms with Gasteiger partial charge in [0.2, 0.25) is 5.91 Å². The smallest absolute Gasteiger partial charge is 0.225 e. The molecule has 2 aromatic rings. The Morgan fingerprint density at radius 3 is 2.50 bits per heavy atom. The molecule has 0 bridgehead atoms. The average molecular weight is 393 g/mol. The van der Waals surface area contributed by atoms with Crippen molar-refractivity contribution in [2.24, 2.45) is 0 Å². The molecule has 6 nitrogen and oxygen atoms in total. The lowest BCUT2D eigenvalue weighted by atomic mass is 10.2. The van der Waals surface area contributed by atoms with E-state index in [4.69, 9.17) is 4.74 Å². The Labute approximate surface area is 157 Å². The predicted octanol–water partition coefficient (Wildman–Crippen LogP) is 3.44. The second-order valence-electron chi connectivity index (χ2n) is 5.75. The lowest BCUT2D eigenvalue weighted by Gasteiger charge is -2.06. The molecule has 0 fully saturated rings. The van der Waals surface area contributed by atoms with Crippen molar-refractivity contribution < 1.29 is 17.9 Å². The van der Waals surface area contributed by atoms with E-state index in [9.17, 15) is 18.5 Å². The predicted molar refractivity (Wildman–Crippen MR) is 101 cm³/mol. The zero-order valence-corrected chi connectivity index (χ0v) is 16.5. The van der Waals surface area contributed by atoms with E-state index in [0.717, 1.165) is 10.4 Å². The summed E-state index contributed by atoms with van der Waals surface area (Å²) in [6.07, 6.45) is 0.266. The minimum atomic E-state index is -3.45. The van der Waals surface area contributed by atoms with Crippen LogP contribution >= 0.6 is 11.3 Å². The van der Waals surface area contributed by atoms with E-state index >= 15 is 0 Å². The van der Waals surface area contributed by atoms with Crippen LogP contribution in [0.4, 0.5) is 5.00 Å². The summed E-state index contributed by atoms with van der Waals surface area (Å²) < 4.78 is 29.6. The molecule has 26 heavy (non-hydrogen) atoms. The van der Waals surface area contributed by atoms with Gasteiger partial charge in [-0.05, 0) is 50.1 Å². The van der Waals surface area contributed by atoms with Crippen LogP contribution in [0.5, 0.6) is 5.75 Å². The molecule has 8 heteroatoms. The first-order chi connectivity index (χ1) is 12.3. The van der Waals surface area contributed by atoms with Crippen LogP contribution in [-0.4, -0.2) is 27.2 Å². The van der Waals surface area contributed by atoms with Crippen LogP contribution in [0.1, 0.15) is 28.8 Å². The number of aryl methyl sites for hydroxylation is 1. The first kappa shape index (κ1) is 19.9. The topological polar surface area (TPSA) is 96.3 Å². The van der Waals surface area contributed by atoms with Gasteiger partial charge < -0.3 is 10.1 Å². The minimum absolute atomic E-state index is 0.0657. The van der Waals surface area contributed by atoms with Crippen LogP contribution in [0.2, 0.25) is 0 Å². The zero-order chi connectivity index (χ0) is 19.3. The van der Waals surface area contributed by atoms with Gasteiger partial charge in [0.1, 0.15) is 16.8 Å². The van der Waals surface area contributed by atoms with E-state index in [1.54, 1.807) is 12.1 Å². The lowest BCUT2D eigenvalue weighted by Crippen LogP contribution is -2.14. The molecule has 1 amide bonds. The average Bonchev–Trinajstić information content (AvgIpc) is 2.87. The number of hydrogen-bond donors (Lipinski definition) is 1. The van der Waals surface area contributed by atoms with Gasteiger partial charge in [-0.3, -0.25) is 4.79 Å². The number of methoxy groups -OCH3 is 1. The molecular weight excluding hydrogens is 372 g/mol. The standard InChI is InChI=1S/C18H20N2O4S2/c1-12-13(2)25-18(16(12)11-19)20-17(21)5-4-10-26(22,23)15-8-6-14(24-3)7-9-15/h6-9H,4-5,10H2,1-3H3,(H,20,21). The molecule has 1 aromatic carbocycles. The Bertz CT molecular complexity index is 939. The zero-order valence-electron chi connectivity index (χ0n) is 14.8. The molecule has 138 valence electrons. The molecule has 0 unspecified atom stereocenters. The fourth-order valence-corrected chi connectivity index (χ4v) is 4.70. The number of hydrogen-bond acceptors (Lipinski definition) is 6. The Kier molecular flexibility index (Phi) is 6.40. The second kappa shape index (κ2) is 8.34. The number of amides is 1. The first-order valence-electron chi connectivity index (χ1n) is 7.95. The Morgan fingerprint density at radius 1 is 1.27 bits per heavy atom. The molecule has 0 atom stereocenters. The molecule has 0 saturated carbocycles. The highest BCUT2D eigenvalue weighted by molar-refractivity contribution is 7.91. The summed E-state index contributed by atoms with van der Waals surface area (Å²) in [6, 6.07) is 8.25. The van der Waals surface area contributed by atoms with Crippen molar-refractivity contribution in [3.05, 3.63) is 40.3 Å². The van der Waals surface area contributed by atoms with Gasteiger partial charge in [-0.1, -0.05) is 0 Å². The third kappa shape index (κ3) is 4.62. The van der Waals surface area contributed by atoms with E-state index in [2.05, 4.69) is 11.4 Å². The molecule has 0 aliphatic carbocycles. The van der Waals surface area contributed by atoms with Crippen LogP contribution in [0.25, 0.3) is 0 Å². The fraction of sp³-hybridized carbons (Fsp3) is 0.333. The number of sulfone groups is 1. The molecule has 0 aliphatic rings. The largest absolute Gasteiger partial charge is 0.497 e. The molecule has 0 saturated heterocycles. The van der Waals surface area contributed by atoms with Crippen LogP contribution < -0.4 is 10.1 Å². The Morgan fingerprint density at radius 2 is 1.92 bits per heavy atom. The van der Waals surface area contributed by atoms with Gasteiger partial charge in [-0.25, -0.2) is 8.42 Å². The number of ether oxygens (including phenoxy) is 1. The molecule has 1 aromatic heterocycles. The van der Waals surface area contributed by atoms with Gasteiger partial charge in [-0.2, -0.15) is 5.26 Å². The summed E-state index contributed by atoms with van der Waals surface area (Å²) in [7, 11) is -1.94. The van der Waals surface area contributed by atoms with Crippen LogP contribution in [0.15, 0.2) is 29.2 Å². The van der Waals surface area contributed by atoms with E-state index in [0.29, 0.717) is 16.3 Å². The number of carbonyl (C=O) groups excluding carboxylic acids is 1. The maximum absolute atomic E-state index is 12.3. The van der Waals surface area contributed by atoms with Crippen molar-refractivity contribution in [3.8, 4) is 11.8 Å². The molecule has 0 radical (unpaired) electrons. The number of nitrogens with zero attached hydrogens (tertiary/aromatic N) is 1. The van der Waals surface area contributed by atoms with Gasteiger partial charge >= 0.3 is 0 Å². The number of nitrogens with one attached hydrogen (secondary N) is 1. The van der Waals surface area contributed by atoms with Crippen molar-refractivity contribution >= 4 is 32.1 Å². The van der Waals surface area contributed by atoms with E-state index in [1.807, 2.05) is 13.8 Å². The van der Waals surface area contributed by atoms with E-state index < -0.39 is 9.84 Å². The molecule has 2 rings (SSSR count). The minimum Gasteiger partial charge on any atom is -0.497 e. The molecule has 0 spiro atoms. The Hall–Kier alpha value is -2.37. The maximum atomic E-state index is 12.3. The van der Waals surface area contributed by atoms with E-state index in [-0.39, 0.29) is 29.4 Å². The highest BCUT2D eigenvalue weighted by Gasteiger charge is 2.17. The highest BCUT2D eigenvalue weighted by Crippen LogP contribution is 2.31. The third-order valence-corrected chi connectivity index (χ3v) is 6.92. The number of anilines is 1. The van der Waals surface area contributed by atoms with Crippen LogP contribution in [0.3, 0.4) is 0 Å². The fourth-order valence-electron chi connectivity index (χ4n) is 2.36. The number of nitriles is 1. The lowest BCUT2D eigenvalue weighted by molar-refractivity contribution is -0.116. The molecule has 1 N–H and O–H groups in total. The van der Waals surface area contributed by atoms with Crippen molar-refractivity contribution in [1.82, 2.24) is 0 Å². The number of thiophene rings is 1. The van der Waals surface area contributed by atoms with Crippen LogP contribution in [0, 0.1) is 25.2 Å². The second-order valence-corrected chi connectivity index (χ2v) is 9.08. The Balaban J connectivity index is 1.93. The van der Waals surface area contributed by atoms with E-state index in [1.165, 1.54) is 30.6 Å². The first-order valence-corrected chi connectivity index (χ1v) is 10.4.